The number of likely N-dealkylation sites (tertiary alicyclic amines) is 1. The lowest BCUT2D eigenvalue weighted by Crippen LogP contribution is -2.39. The number of hydrogen-bond donors (Lipinski definition) is 1. The van der Waals surface area contributed by atoms with Crippen molar-refractivity contribution in [3.8, 4) is 0 Å². The quantitative estimate of drug-likeness (QED) is 0.932. The fourth-order valence-electron chi connectivity index (χ4n) is 3.14. The van der Waals surface area contributed by atoms with Gasteiger partial charge in [-0.25, -0.2) is 0 Å². The van der Waals surface area contributed by atoms with Gasteiger partial charge in [0.25, 0.3) is 5.91 Å². The minimum atomic E-state index is -0.0189. The lowest BCUT2D eigenvalue weighted by Gasteiger charge is -2.30. The molecule has 1 atom stereocenters. The Labute approximate surface area is 143 Å². The second kappa shape index (κ2) is 7.43. The van der Waals surface area contributed by atoms with Gasteiger partial charge in [-0.3, -0.25) is 4.79 Å². The number of carbonyl (C=O) groups is 1. The van der Waals surface area contributed by atoms with Gasteiger partial charge in [0.05, 0.1) is 0 Å². The first-order chi connectivity index (χ1) is 11.7. The van der Waals surface area contributed by atoms with Gasteiger partial charge in [0.1, 0.15) is 0 Å². The topological polar surface area (TPSA) is 58.1 Å². The molecule has 3 rings (SSSR count). The Morgan fingerprint density at radius 2 is 2.08 bits per heavy atom. The Hall–Kier alpha value is -2.43. The molecule has 1 unspecified atom stereocenters. The van der Waals surface area contributed by atoms with Crippen LogP contribution in [0.25, 0.3) is 0 Å². The SMILES string of the molecule is CCc1ccccc1Nc1ccc(C(=O)N2CCCC(C)C2)nn1. The van der Waals surface area contributed by atoms with E-state index in [1.165, 1.54) is 12.0 Å². The second-order valence-electron chi connectivity index (χ2n) is 6.44. The summed E-state index contributed by atoms with van der Waals surface area (Å²) in [5.41, 5.74) is 2.67. The minimum absolute atomic E-state index is 0.0189. The lowest BCUT2D eigenvalue weighted by atomic mass is 10.00. The number of carbonyl (C=O) groups excluding carboxylic acids is 1. The Morgan fingerprint density at radius 3 is 2.79 bits per heavy atom. The van der Waals surface area contributed by atoms with Gasteiger partial charge in [0.15, 0.2) is 11.5 Å². The number of rotatable bonds is 4. The van der Waals surface area contributed by atoms with E-state index in [0.717, 1.165) is 31.6 Å². The van der Waals surface area contributed by atoms with Crippen LogP contribution in [0.4, 0.5) is 11.5 Å². The monoisotopic (exact) mass is 324 g/mol. The van der Waals surface area contributed by atoms with Crippen molar-refractivity contribution < 1.29 is 4.79 Å². The van der Waals surface area contributed by atoms with Gasteiger partial charge in [-0.05, 0) is 48.9 Å². The van der Waals surface area contributed by atoms with Crippen LogP contribution < -0.4 is 5.32 Å². The summed E-state index contributed by atoms with van der Waals surface area (Å²) in [6.45, 7) is 5.93. The van der Waals surface area contributed by atoms with Gasteiger partial charge < -0.3 is 10.2 Å². The van der Waals surface area contributed by atoms with E-state index < -0.39 is 0 Å². The predicted molar refractivity (Wildman–Crippen MR) is 95.4 cm³/mol. The van der Waals surface area contributed by atoms with Gasteiger partial charge in [-0.15, -0.1) is 10.2 Å². The van der Waals surface area contributed by atoms with E-state index in [2.05, 4.69) is 35.4 Å². The van der Waals surface area contributed by atoms with Crippen molar-refractivity contribution in [3.63, 3.8) is 0 Å². The molecular weight excluding hydrogens is 300 g/mol. The molecule has 0 saturated carbocycles. The summed E-state index contributed by atoms with van der Waals surface area (Å²) in [6, 6.07) is 11.7. The molecule has 1 saturated heterocycles. The zero-order valence-corrected chi connectivity index (χ0v) is 14.3. The summed E-state index contributed by atoms with van der Waals surface area (Å²) >= 11 is 0. The number of aryl methyl sites for hydroxylation is 1. The highest BCUT2D eigenvalue weighted by molar-refractivity contribution is 5.92. The molecule has 1 aliphatic rings. The lowest BCUT2D eigenvalue weighted by molar-refractivity contribution is 0.0676. The van der Waals surface area contributed by atoms with Crippen molar-refractivity contribution >= 4 is 17.4 Å². The summed E-state index contributed by atoms with van der Waals surface area (Å²) < 4.78 is 0. The molecule has 1 aliphatic heterocycles. The standard InChI is InChI=1S/C19H24N4O/c1-3-15-8-4-5-9-16(15)20-18-11-10-17(21-22-18)19(24)23-12-6-7-14(2)13-23/h4-5,8-11,14H,3,6-7,12-13H2,1-2H3,(H,20,22). The molecule has 0 aliphatic carbocycles. The molecule has 1 aromatic carbocycles. The maximum absolute atomic E-state index is 12.5. The highest BCUT2D eigenvalue weighted by Gasteiger charge is 2.23. The number of para-hydroxylation sites is 1. The first-order valence-corrected chi connectivity index (χ1v) is 8.65. The van der Waals surface area contributed by atoms with Crippen LogP contribution in [0, 0.1) is 5.92 Å². The minimum Gasteiger partial charge on any atom is -0.339 e. The molecular formula is C19H24N4O. The van der Waals surface area contributed by atoms with Crippen LogP contribution >= 0.6 is 0 Å². The van der Waals surface area contributed by atoms with Crippen LogP contribution in [0.15, 0.2) is 36.4 Å². The molecule has 24 heavy (non-hydrogen) atoms. The van der Waals surface area contributed by atoms with Crippen LogP contribution in [0.2, 0.25) is 0 Å². The fourth-order valence-corrected chi connectivity index (χ4v) is 3.14. The molecule has 2 heterocycles. The third-order valence-electron chi connectivity index (χ3n) is 4.49. The first kappa shape index (κ1) is 16.4. The third-order valence-corrected chi connectivity index (χ3v) is 4.49. The Bertz CT molecular complexity index is 699. The van der Waals surface area contributed by atoms with E-state index in [-0.39, 0.29) is 5.91 Å². The molecule has 1 aromatic heterocycles. The predicted octanol–water partition coefficient (Wildman–Crippen LogP) is 3.65. The van der Waals surface area contributed by atoms with Gasteiger partial charge in [-0.1, -0.05) is 32.0 Å². The molecule has 1 N–H and O–H groups in total. The normalized spacial score (nSPS) is 17.6. The molecule has 0 spiro atoms. The summed E-state index contributed by atoms with van der Waals surface area (Å²) in [6.07, 6.45) is 3.20. The fraction of sp³-hybridized carbons (Fsp3) is 0.421. The van der Waals surface area contributed by atoms with Crippen LogP contribution in [0.1, 0.15) is 42.7 Å². The zero-order valence-electron chi connectivity index (χ0n) is 14.3. The first-order valence-electron chi connectivity index (χ1n) is 8.65. The molecule has 1 fully saturated rings. The largest absolute Gasteiger partial charge is 0.339 e. The van der Waals surface area contributed by atoms with Crippen molar-refractivity contribution in [1.29, 1.82) is 0 Å². The Morgan fingerprint density at radius 1 is 1.25 bits per heavy atom. The summed E-state index contributed by atoms with van der Waals surface area (Å²) in [7, 11) is 0. The second-order valence-corrected chi connectivity index (χ2v) is 6.44. The maximum Gasteiger partial charge on any atom is 0.274 e. The van der Waals surface area contributed by atoms with Crippen LogP contribution in [-0.4, -0.2) is 34.1 Å². The third kappa shape index (κ3) is 3.72. The molecule has 5 nitrogen and oxygen atoms in total. The van der Waals surface area contributed by atoms with Crippen molar-refractivity contribution in [2.75, 3.05) is 18.4 Å². The van der Waals surface area contributed by atoms with E-state index in [1.54, 1.807) is 6.07 Å². The number of benzene rings is 1. The highest BCUT2D eigenvalue weighted by atomic mass is 16.2. The van der Waals surface area contributed by atoms with E-state index in [1.807, 2.05) is 29.2 Å². The molecule has 0 radical (unpaired) electrons. The van der Waals surface area contributed by atoms with E-state index >= 15 is 0 Å². The van der Waals surface area contributed by atoms with Crippen molar-refractivity contribution in [2.24, 2.45) is 5.92 Å². The van der Waals surface area contributed by atoms with Gasteiger partial charge in [-0.2, -0.15) is 0 Å². The van der Waals surface area contributed by atoms with E-state index in [0.29, 0.717) is 17.4 Å². The van der Waals surface area contributed by atoms with Crippen LogP contribution in [-0.2, 0) is 6.42 Å². The number of hydrogen-bond acceptors (Lipinski definition) is 4. The van der Waals surface area contributed by atoms with Gasteiger partial charge in [0, 0.05) is 18.8 Å². The van der Waals surface area contributed by atoms with Crippen LogP contribution in [0.5, 0.6) is 0 Å². The smallest absolute Gasteiger partial charge is 0.274 e. The molecule has 126 valence electrons. The van der Waals surface area contributed by atoms with E-state index in [9.17, 15) is 4.79 Å². The number of nitrogens with zero attached hydrogens (tertiary/aromatic N) is 3. The van der Waals surface area contributed by atoms with Crippen LogP contribution in [0.3, 0.4) is 0 Å². The number of piperidine rings is 1. The number of amides is 1. The van der Waals surface area contributed by atoms with Gasteiger partial charge in [0.2, 0.25) is 0 Å². The molecule has 2 aromatic rings. The number of nitrogens with one attached hydrogen (secondary N) is 1. The summed E-state index contributed by atoms with van der Waals surface area (Å²) in [4.78, 5) is 14.4. The summed E-state index contributed by atoms with van der Waals surface area (Å²) in [5, 5.41) is 11.6. The average Bonchev–Trinajstić information content (AvgIpc) is 2.62. The summed E-state index contributed by atoms with van der Waals surface area (Å²) in [5.74, 6) is 1.19. The van der Waals surface area contributed by atoms with Crippen molar-refractivity contribution in [1.82, 2.24) is 15.1 Å². The molecule has 1 amide bonds. The molecule has 0 bridgehead atoms. The Kier molecular flexibility index (Phi) is 5.08. The number of aromatic nitrogens is 2. The average molecular weight is 324 g/mol. The molecule has 5 heteroatoms. The van der Waals surface area contributed by atoms with E-state index in [4.69, 9.17) is 0 Å². The van der Waals surface area contributed by atoms with Crippen molar-refractivity contribution in [2.45, 2.75) is 33.1 Å². The zero-order chi connectivity index (χ0) is 16.9. The van der Waals surface area contributed by atoms with Gasteiger partial charge >= 0.3 is 0 Å². The van der Waals surface area contributed by atoms with Crippen molar-refractivity contribution in [3.05, 3.63) is 47.7 Å². The highest BCUT2D eigenvalue weighted by Crippen LogP contribution is 2.20. The number of anilines is 2. The maximum atomic E-state index is 12.5. The Balaban J connectivity index is 1.70.